The number of nitrogens with zero attached hydrogens (tertiary/aromatic N) is 4. The Hall–Kier alpha value is -3.68. The Morgan fingerprint density at radius 3 is 2.67 bits per heavy atom. The fraction of sp³-hybridized carbons (Fsp3) is 0.360. The number of hydrogen-bond acceptors (Lipinski definition) is 5. The van der Waals surface area contributed by atoms with Crippen LogP contribution in [0.15, 0.2) is 55.0 Å². The van der Waals surface area contributed by atoms with Crippen LogP contribution in [0, 0.1) is 5.92 Å². The van der Waals surface area contributed by atoms with Crippen LogP contribution in [0.5, 0.6) is 5.75 Å². The summed E-state index contributed by atoms with van der Waals surface area (Å²) in [6.45, 7) is 1.77. The number of nitrogens with one attached hydrogen (secondary N) is 1. The second-order valence-corrected chi connectivity index (χ2v) is 8.34. The van der Waals surface area contributed by atoms with Gasteiger partial charge in [0, 0.05) is 50.8 Å². The molecule has 4 rings (SSSR count). The molecule has 3 aromatic rings. The highest BCUT2D eigenvalue weighted by Crippen LogP contribution is 2.24. The molecule has 1 aromatic carbocycles. The molecule has 0 saturated carbocycles. The molecule has 2 aromatic heterocycles. The molecule has 1 N–H and O–H groups in total. The SMILES string of the molecule is COc1ccccc1CNC(=O)c1cn(C)nc1CC1CCN(C(=O)c2cccnc2)CC1. The lowest BCUT2D eigenvalue weighted by molar-refractivity contribution is 0.0689. The first-order valence-electron chi connectivity index (χ1n) is 11.2. The normalized spacial score (nSPS) is 14.2. The lowest BCUT2D eigenvalue weighted by Gasteiger charge is -2.31. The van der Waals surface area contributed by atoms with E-state index in [0.717, 1.165) is 29.8 Å². The van der Waals surface area contributed by atoms with Crippen LogP contribution in [-0.4, -0.2) is 51.7 Å². The van der Waals surface area contributed by atoms with Crippen LogP contribution < -0.4 is 10.1 Å². The summed E-state index contributed by atoms with van der Waals surface area (Å²) in [6.07, 6.45) is 7.52. The molecule has 3 heterocycles. The Morgan fingerprint density at radius 2 is 1.94 bits per heavy atom. The number of hydrogen-bond donors (Lipinski definition) is 1. The van der Waals surface area contributed by atoms with E-state index < -0.39 is 0 Å². The molecule has 1 fully saturated rings. The van der Waals surface area contributed by atoms with E-state index in [4.69, 9.17) is 4.74 Å². The minimum absolute atomic E-state index is 0.0239. The monoisotopic (exact) mass is 447 g/mol. The van der Waals surface area contributed by atoms with Gasteiger partial charge >= 0.3 is 0 Å². The molecule has 2 amide bonds. The van der Waals surface area contributed by atoms with Crippen molar-refractivity contribution in [1.82, 2.24) is 25.0 Å². The summed E-state index contributed by atoms with van der Waals surface area (Å²) in [7, 11) is 3.45. The smallest absolute Gasteiger partial charge is 0.255 e. The maximum Gasteiger partial charge on any atom is 0.255 e. The van der Waals surface area contributed by atoms with E-state index in [-0.39, 0.29) is 11.8 Å². The molecule has 8 heteroatoms. The van der Waals surface area contributed by atoms with Crippen molar-refractivity contribution in [3.05, 3.63) is 77.4 Å². The van der Waals surface area contributed by atoms with Gasteiger partial charge in [0.15, 0.2) is 0 Å². The topological polar surface area (TPSA) is 89.4 Å². The molecular weight excluding hydrogens is 418 g/mol. The number of carbonyl (C=O) groups excluding carboxylic acids is 2. The van der Waals surface area contributed by atoms with E-state index in [1.54, 1.807) is 42.5 Å². The Labute approximate surface area is 193 Å². The van der Waals surface area contributed by atoms with Crippen LogP contribution >= 0.6 is 0 Å². The zero-order chi connectivity index (χ0) is 23.2. The van der Waals surface area contributed by atoms with E-state index in [1.165, 1.54) is 0 Å². The van der Waals surface area contributed by atoms with Gasteiger partial charge in [-0.1, -0.05) is 18.2 Å². The van der Waals surface area contributed by atoms with Gasteiger partial charge in [-0.05, 0) is 43.4 Å². The van der Waals surface area contributed by atoms with Gasteiger partial charge in [-0.2, -0.15) is 5.10 Å². The molecule has 1 aliphatic rings. The third kappa shape index (κ3) is 5.39. The zero-order valence-electron chi connectivity index (χ0n) is 19.0. The van der Waals surface area contributed by atoms with Crippen LogP contribution in [0.3, 0.4) is 0 Å². The summed E-state index contributed by atoms with van der Waals surface area (Å²) in [4.78, 5) is 31.5. The van der Waals surface area contributed by atoms with Crippen molar-refractivity contribution < 1.29 is 14.3 Å². The number of ether oxygens (including phenoxy) is 1. The summed E-state index contributed by atoms with van der Waals surface area (Å²) in [5, 5.41) is 7.55. The number of likely N-dealkylation sites (tertiary alicyclic amines) is 1. The summed E-state index contributed by atoms with van der Waals surface area (Å²) >= 11 is 0. The first kappa shape index (κ1) is 22.5. The van der Waals surface area contributed by atoms with Gasteiger partial charge < -0.3 is 15.0 Å². The van der Waals surface area contributed by atoms with Gasteiger partial charge in [0.05, 0.1) is 23.9 Å². The first-order chi connectivity index (χ1) is 16.0. The quantitative estimate of drug-likeness (QED) is 0.602. The van der Waals surface area contributed by atoms with Crippen molar-refractivity contribution >= 4 is 11.8 Å². The fourth-order valence-corrected chi connectivity index (χ4v) is 4.28. The molecular formula is C25H29N5O3. The Morgan fingerprint density at radius 1 is 1.15 bits per heavy atom. The van der Waals surface area contributed by atoms with E-state index in [1.807, 2.05) is 36.2 Å². The Balaban J connectivity index is 1.35. The summed E-state index contributed by atoms with van der Waals surface area (Å²) in [5.74, 6) is 0.999. The summed E-state index contributed by atoms with van der Waals surface area (Å²) in [6, 6.07) is 11.2. The lowest BCUT2D eigenvalue weighted by atomic mass is 9.91. The van der Waals surface area contributed by atoms with Crippen LogP contribution in [-0.2, 0) is 20.0 Å². The molecule has 8 nitrogen and oxygen atoms in total. The van der Waals surface area contributed by atoms with E-state index in [0.29, 0.717) is 43.1 Å². The van der Waals surface area contributed by atoms with Gasteiger partial charge in [-0.25, -0.2) is 0 Å². The van der Waals surface area contributed by atoms with E-state index >= 15 is 0 Å². The van der Waals surface area contributed by atoms with Crippen LogP contribution in [0.25, 0.3) is 0 Å². The van der Waals surface area contributed by atoms with Gasteiger partial charge in [0.25, 0.3) is 11.8 Å². The van der Waals surface area contributed by atoms with E-state index in [9.17, 15) is 9.59 Å². The number of methoxy groups -OCH3 is 1. The molecule has 1 aliphatic heterocycles. The number of piperidine rings is 1. The largest absolute Gasteiger partial charge is 0.496 e. The molecule has 0 unspecified atom stereocenters. The van der Waals surface area contributed by atoms with Crippen LogP contribution in [0.4, 0.5) is 0 Å². The molecule has 0 aliphatic carbocycles. The lowest BCUT2D eigenvalue weighted by Crippen LogP contribution is -2.39. The van der Waals surface area contributed by atoms with Crippen molar-refractivity contribution in [2.45, 2.75) is 25.8 Å². The van der Waals surface area contributed by atoms with Crippen LogP contribution in [0.2, 0.25) is 0 Å². The first-order valence-corrected chi connectivity index (χ1v) is 11.2. The van der Waals surface area contributed by atoms with Crippen molar-refractivity contribution in [1.29, 1.82) is 0 Å². The van der Waals surface area contributed by atoms with Crippen molar-refractivity contribution in [3.63, 3.8) is 0 Å². The number of carbonyl (C=O) groups is 2. The summed E-state index contributed by atoms with van der Waals surface area (Å²) in [5.41, 5.74) is 2.94. The van der Waals surface area contributed by atoms with Crippen molar-refractivity contribution in [3.8, 4) is 5.75 Å². The van der Waals surface area contributed by atoms with Crippen LogP contribution in [0.1, 0.15) is 44.8 Å². The number of benzene rings is 1. The molecule has 0 spiro atoms. The molecule has 0 radical (unpaired) electrons. The maximum atomic E-state index is 12.9. The van der Waals surface area contributed by atoms with Crippen molar-refractivity contribution in [2.24, 2.45) is 13.0 Å². The molecule has 0 bridgehead atoms. The Bertz CT molecular complexity index is 1100. The number of para-hydroxylation sites is 1. The van der Waals surface area contributed by atoms with Gasteiger partial charge in [-0.3, -0.25) is 19.3 Å². The minimum Gasteiger partial charge on any atom is -0.496 e. The highest BCUT2D eigenvalue weighted by molar-refractivity contribution is 5.95. The highest BCUT2D eigenvalue weighted by atomic mass is 16.5. The van der Waals surface area contributed by atoms with Gasteiger partial charge in [0.1, 0.15) is 5.75 Å². The second-order valence-electron chi connectivity index (χ2n) is 8.34. The third-order valence-electron chi connectivity index (χ3n) is 6.07. The molecule has 0 atom stereocenters. The number of aromatic nitrogens is 3. The number of rotatable bonds is 7. The number of aryl methyl sites for hydroxylation is 1. The molecule has 1 saturated heterocycles. The highest BCUT2D eigenvalue weighted by Gasteiger charge is 2.26. The molecule has 33 heavy (non-hydrogen) atoms. The second kappa shape index (κ2) is 10.3. The molecule has 172 valence electrons. The zero-order valence-corrected chi connectivity index (χ0v) is 19.0. The van der Waals surface area contributed by atoms with Crippen molar-refractivity contribution in [2.75, 3.05) is 20.2 Å². The predicted octanol–water partition coefficient (Wildman–Crippen LogP) is 2.85. The summed E-state index contributed by atoms with van der Waals surface area (Å²) < 4.78 is 7.06. The predicted molar refractivity (Wildman–Crippen MR) is 124 cm³/mol. The maximum absolute atomic E-state index is 12.9. The third-order valence-corrected chi connectivity index (χ3v) is 6.07. The van der Waals surface area contributed by atoms with E-state index in [2.05, 4.69) is 15.4 Å². The van der Waals surface area contributed by atoms with Gasteiger partial charge in [0.2, 0.25) is 0 Å². The fourth-order valence-electron chi connectivity index (χ4n) is 4.28. The average Bonchev–Trinajstić information content (AvgIpc) is 3.23. The Kier molecular flexibility index (Phi) is 7.02. The number of amides is 2. The van der Waals surface area contributed by atoms with Gasteiger partial charge in [-0.15, -0.1) is 0 Å². The standard InChI is InChI=1S/C25H29N5O3/c1-29-17-21(24(31)27-16-19-6-3-4-8-23(19)33-2)22(28-29)14-18-9-12-30(13-10-18)25(32)20-7-5-11-26-15-20/h3-8,11,15,17-18H,9-10,12-14,16H2,1-2H3,(H,27,31). The average molecular weight is 448 g/mol. The number of pyridine rings is 1. The minimum atomic E-state index is -0.145.